The first kappa shape index (κ1) is 23.8. The lowest BCUT2D eigenvalue weighted by molar-refractivity contribution is -0.122. The third-order valence-electron chi connectivity index (χ3n) is 4.58. The molecule has 0 saturated heterocycles. The summed E-state index contributed by atoms with van der Waals surface area (Å²) in [7, 11) is -3.86. The molecule has 0 bridgehead atoms. The second kappa shape index (κ2) is 11.7. The Morgan fingerprint density at radius 2 is 1.78 bits per heavy atom. The van der Waals surface area contributed by atoms with Crippen LogP contribution in [0.5, 0.6) is 5.75 Å². The molecular weight excluding hydrogens is 448 g/mol. The van der Waals surface area contributed by atoms with Crippen LogP contribution in [0, 0.1) is 6.07 Å². The highest BCUT2D eigenvalue weighted by Gasteiger charge is 2.25. The van der Waals surface area contributed by atoms with Gasteiger partial charge in [0.2, 0.25) is 15.9 Å². The van der Waals surface area contributed by atoms with Crippen LogP contribution in [0.1, 0.15) is 12.0 Å². The number of amides is 1. The van der Waals surface area contributed by atoms with Gasteiger partial charge < -0.3 is 10.1 Å². The van der Waals surface area contributed by atoms with Crippen LogP contribution in [0.3, 0.4) is 0 Å². The van der Waals surface area contributed by atoms with Gasteiger partial charge in [0.1, 0.15) is 11.8 Å². The predicted octanol–water partition coefficient (Wildman–Crippen LogP) is 3.62. The molecule has 3 aromatic rings. The molecule has 0 spiro atoms. The number of nitrogens with one attached hydrogen (secondary N) is 2. The van der Waals surface area contributed by atoms with E-state index in [2.05, 4.69) is 16.1 Å². The zero-order chi connectivity index (χ0) is 22.8. The Morgan fingerprint density at radius 1 is 1.03 bits per heavy atom. The summed E-state index contributed by atoms with van der Waals surface area (Å²) in [5.74, 6) is 0.248. The van der Waals surface area contributed by atoms with Gasteiger partial charge in [-0.3, -0.25) is 4.79 Å². The van der Waals surface area contributed by atoms with Crippen molar-refractivity contribution in [3.8, 4) is 5.75 Å². The molecule has 0 saturated carbocycles. The molecule has 167 valence electrons. The lowest BCUT2D eigenvalue weighted by Gasteiger charge is -2.19. The SMILES string of the molecule is O=C(NCCCOc1cccc(Cl)c1)[C@H](Cc1cc[c]cc1)NS(=O)(=O)c1ccccc1. The van der Waals surface area contributed by atoms with Gasteiger partial charge >= 0.3 is 0 Å². The average Bonchev–Trinajstić information content (AvgIpc) is 2.79. The molecule has 1 atom stereocenters. The van der Waals surface area contributed by atoms with Crippen molar-refractivity contribution in [2.45, 2.75) is 23.8 Å². The van der Waals surface area contributed by atoms with Crippen LogP contribution in [0.2, 0.25) is 5.02 Å². The highest BCUT2D eigenvalue weighted by atomic mass is 35.5. The highest BCUT2D eigenvalue weighted by Crippen LogP contribution is 2.17. The van der Waals surface area contributed by atoms with Crippen LogP contribution in [0.25, 0.3) is 0 Å². The number of sulfonamides is 1. The summed E-state index contributed by atoms with van der Waals surface area (Å²) in [6.45, 7) is 0.723. The summed E-state index contributed by atoms with van der Waals surface area (Å²) in [5, 5.41) is 3.38. The van der Waals surface area contributed by atoms with Crippen molar-refractivity contribution in [3.05, 3.63) is 95.5 Å². The number of hydrogen-bond donors (Lipinski definition) is 2. The largest absolute Gasteiger partial charge is 0.493 e. The molecular formula is C24H24ClN2O4S. The summed E-state index contributed by atoms with van der Waals surface area (Å²) < 4.78 is 33.7. The fourth-order valence-electron chi connectivity index (χ4n) is 2.99. The van der Waals surface area contributed by atoms with E-state index in [1.807, 2.05) is 0 Å². The lowest BCUT2D eigenvalue weighted by atomic mass is 10.1. The Bertz CT molecular complexity index is 1110. The van der Waals surface area contributed by atoms with Crippen molar-refractivity contribution in [2.24, 2.45) is 0 Å². The number of rotatable bonds is 11. The van der Waals surface area contributed by atoms with Gasteiger partial charge in [-0.25, -0.2) is 8.42 Å². The first-order chi connectivity index (χ1) is 15.4. The van der Waals surface area contributed by atoms with E-state index >= 15 is 0 Å². The first-order valence-electron chi connectivity index (χ1n) is 10.1. The average molecular weight is 472 g/mol. The summed E-state index contributed by atoms with van der Waals surface area (Å²) >= 11 is 5.93. The van der Waals surface area contributed by atoms with Crippen molar-refractivity contribution in [1.29, 1.82) is 0 Å². The third kappa shape index (κ3) is 7.37. The van der Waals surface area contributed by atoms with Crippen molar-refractivity contribution in [2.75, 3.05) is 13.2 Å². The second-order valence-corrected chi connectivity index (χ2v) is 9.20. The van der Waals surface area contributed by atoms with E-state index in [1.54, 1.807) is 66.7 Å². The normalized spacial score (nSPS) is 12.2. The highest BCUT2D eigenvalue weighted by molar-refractivity contribution is 7.89. The van der Waals surface area contributed by atoms with E-state index in [0.29, 0.717) is 30.3 Å². The minimum atomic E-state index is -3.86. The third-order valence-corrected chi connectivity index (χ3v) is 6.30. The Morgan fingerprint density at radius 3 is 2.50 bits per heavy atom. The monoisotopic (exact) mass is 471 g/mol. The first-order valence-corrected chi connectivity index (χ1v) is 12.0. The van der Waals surface area contributed by atoms with Crippen LogP contribution in [0.15, 0.2) is 83.8 Å². The van der Waals surface area contributed by atoms with E-state index in [9.17, 15) is 13.2 Å². The number of halogens is 1. The van der Waals surface area contributed by atoms with Crippen LogP contribution >= 0.6 is 11.6 Å². The summed E-state index contributed by atoms with van der Waals surface area (Å²) in [4.78, 5) is 12.9. The smallest absolute Gasteiger partial charge is 0.241 e. The van der Waals surface area contributed by atoms with Crippen molar-refractivity contribution in [3.63, 3.8) is 0 Å². The Labute approximate surface area is 193 Å². The molecule has 2 N–H and O–H groups in total. The van der Waals surface area contributed by atoms with Crippen molar-refractivity contribution < 1.29 is 17.9 Å². The maximum absolute atomic E-state index is 12.8. The Hall–Kier alpha value is -2.87. The van der Waals surface area contributed by atoms with Gasteiger partial charge in [-0.1, -0.05) is 60.1 Å². The summed E-state index contributed by atoms with van der Waals surface area (Å²) in [6.07, 6.45) is 0.766. The molecule has 32 heavy (non-hydrogen) atoms. The van der Waals surface area contributed by atoms with Crippen molar-refractivity contribution in [1.82, 2.24) is 10.0 Å². The quantitative estimate of drug-likeness (QED) is 0.418. The molecule has 1 radical (unpaired) electrons. The van der Waals surface area contributed by atoms with Crippen LogP contribution in [0.4, 0.5) is 0 Å². The Balaban J connectivity index is 1.59. The number of benzene rings is 3. The molecule has 1 amide bonds. The van der Waals surface area contributed by atoms with E-state index in [4.69, 9.17) is 16.3 Å². The fraction of sp³-hybridized carbons (Fsp3) is 0.208. The molecule has 3 rings (SSSR count). The molecule has 6 nitrogen and oxygen atoms in total. The molecule has 0 aliphatic heterocycles. The number of carbonyl (C=O) groups excluding carboxylic acids is 1. The van der Waals surface area contributed by atoms with Gasteiger partial charge in [0, 0.05) is 11.6 Å². The number of carbonyl (C=O) groups is 1. The predicted molar refractivity (Wildman–Crippen MR) is 124 cm³/mol. The van der Waals surface area contributed by atoms with Gasteiger partial charge in [0.05, 0.1) is 11.5 Å². The van der Waals surface area contributed by atoms with Gasteiger partial charge in [0.25, 0.3) is 0 Å². The fourth-order valence-corrected chi connectivity index (χ4v) is 4.39. The van der Waals surface area contributed by atoms with Crippen LogP contribution < -0.4 is 14.8 Å². The summed E-state index contributed by atoms with van der Waals surface area (Å²) in [6, 6.07) is 24.1. The molecule has 0 aromatic heterocycles. The van der Waals surface area contributed by atoms with E-state index in [1.165, 1.54) is 12.1 Å². The minimum absolute atomic E-state index is 0.106. The van der Waals surface area contributed by atoms with E-state index in [0.717, 1.165) is 5.56 Å². The molecule has 8 heteroatoms. The van der Waals surface area contributed by atoms with E-state index < -0.39 is 22.0 Å². The molecule has 0 unspecified atom stereocenters. The molecule has 0 aliphatic rings. The van der Waals surface area contributed by atoms with E-state index in [-0.39, 0.29) is 11.3 Å². The Kier molecular flexibility index (Phi) is 8.67. The molecule has 0 aliphatic carbocycles. The molecule has 0 heterocycles. The topological polar surface area (TPSA) is 84.5 Å². The van der Waals surface area contributed by atoms with Gasteiger partial charge in [-0.15, -0.1) is 0 Å². The van der Waals surface area contributed by atoms with Crippen molar-refractivity contribution >= 4 is 27.5 Å². The second-order valence-electron chi connectivity index (χ2n) is 7.05. The van der Waals surface area contributed by atoms with Gasteiger partial charge in [-0.05, 0) is 54.8 Å². The zero-order valence-corrected chi connectivity index (χ0v) is 18.9. The standard InChI is InChI=1S/C24H24ClN2O4S/c25-20-11-7-12-21(18-20)31-16-8-15-26-24(28)23(17-19-9-3-1-4-10-19)27-32(29,30)22-13-5-2-6-14-22/h2-7,9-14,18,23,27H,8,15-17H2,(H,26,28)/t23-/m0/s1. The molecule has 0 fully saturated rings. The van der Waals surface area contributed by atoms with Gasteiger partial charge in [0.15, 0.2) is 0 Å². The van der Waals surface area contributed by atoms with Gasteiger partial charge in [-0.2, -0.15) is 4.72 Å². The molecule has 3 aromatic carbocycles. The maximum Gasteiger partial charge on any atom is 0.241 e. The number of hydrogen-bond acceptors (Lipinski definition) is 4. The number of ether oxygens (including phenoxy) is 1. The lowest BCUT2D eigenvalue weighted by Crippen LogP contribution is -2.48. The van der Waals surface area contributed by atoms with Crippen LogP contribution in [-0.4, -0.2) is 33.5 Å². The minimum Gasteiger partial charge on any atom is -0.493 e. The van der Waals surface area contributed by atoms with Crippen LogP contribution in [-0.2, 0) is 21.2 Å². The maximum atomic E-state index is 12.8. The zero-order valence-electron chi connectivity index (χ0n) is 17.3. The summed E-state index contributed by atoms with van der Waals surface area (Å²) in [5.41, 5.74) is 0.823.